The second kappa shape index (κ2) is 7.71. The summed E-state index contributed by atoms with van der Waals surface area (Å²) in [6.45, 7) is 1.98. The van der Waals surface area contributed by atoms with E-state index in [9.17, 15) is 0 Å². The molecule has 4 rings (SSSR count). The van der Waals surface area contributed by atoms with Crippen LogP contribution < -0.4 is 0 Å². The van der Waals surface area contributed by atoms with Gasteiger partial charge in [0.15, 0.2) is 11.0 Å². The van der Waals surface area contributed by atoms with Crippen molar-refractivity contribution in [3.05, 3.63) is 77.6 Å². The van der Waals surface area contributed by atoms with Crippen LogP contribution in [0.4, 0.5) is 0 Å². The van der Waals surface area contributed by atoms with Gasteiger partial charge in [-0.15, -0.1) is 10.2 Å². The zero-order valence-corrected chi connectivity index (χ0v) is 16.4. The van der Waals surface area contributed by atoms with Gasteiger partial charge in [0, 0.05) is 24.7 Å². The molecule has 7 heteroatoms. The van der Waals surface area contributed by atoms with Gasteiger partial charge in [-0.05, 0) is 36.8 Å². The molecule has 0 radical (unpaired) electrons. The van der Waals surface area contributed by atoms with Crippen LogP contribution in [-0.4, -0.2) is 24.5 Å². The van der Waals surface area contributed by atoms with Crippen LogP contribution in [0.25, 0.3) is 17.1 Å². The highest BCUT2D eigenvalue weighted by molar-refractivity contribution is 7.98. The number of nitriles is 1. The van der Waals surface area contributed by atoms with Crippen molar-refractivity contribution in [3.63, 3.8) is 0 Å². The van der Waals surface area contributed by atoms with Gasteiger partial charge in [-0.3, -0.25) is 9.25 Å². The van der Waals surface area contributed by atoms with Crippen LogP contribution in [0.1, 0.15) is 16.8 Å². The highest BCUT2D eigenvalue weighted by Crippen LogP contribution is 2.30. The third-order valence-electron chi connectivity index (χ3n) is 4.35. The Morgan fingerprint density at radius 2 is 1.79 bits per heavy atom. The minimum absolute atomic E-state index is 0.663. The van der Waals surface area contributed by atoms with Crippen molar-refractivity contribution in [1.82, 2.24) is 24.5 Å². The summed E-state index contributed by atoms with van der Waals surface area (Å²) in [5, 5.41) is 23.1. The van der Waals surface area contributed by atoms with E-state index < -0.39 is 0 Å². The molecule has 0 amide bonds. The fourth-order valence-corrected chi connectivity index (χ4v) is 3.90. The SMILES string of the molecule is Cc1nn(C)cc1-c1nnc(SCc2ccc(C#N)cc2)n1-c1ccccc1. The van der Waals surface area contributed by atoms with Crippen molar-refractivity contribution in [2.75, 3.05) is 0 Å². The Morgan fingerprint density at radius 1 is 1.04 bits per heavy atom. The molecule has 2 aromatic heterocycles. The first-order valence-corrected chi connectivity index (χ1v) is 9.77. The largest absolute Gasteiger partial charge is 0.275 e. The average Bonchev–Trinajstić information content (AvgIpc) is 3.29. The van der Waals surface area contributed by atoms with Crippen molar-refractivity contribution in [2.45, 2.75) is 17.8 Å². The fraction of sp³-hybridized carbons (Fsp3) is 0.143. The monoisotopic (exact) mass is 386 g/mol. The van der Waals surface area contributed by atoms with Crippen LogP contribution in [0.3, 0.4) is 0 Å². The van der Waals surface area contributed by atoms with E-state index in [0.717, 1.165) is 39.2 Å². The number of nitrogens with zero attached hydrogens (tertiary/aromatic N) is 6. The second-order valence-corrected chi connectivity index (χ2v) is 7.32. The van der Waals surface area contributed by atoms with E-state index in [1.165, 1.54) is 0 Å². The Kier molecular flexibility index (Phi) is 4.96. The van der Waals surface area contributed by atoms with Crippen molar-refractivity contribution in [3.8, 4) is 23.1 Å². The number of benzene rings is 2. The Labute approximate surface area is 167 Å². The van der Waals surface area contributed by atoms with Gasteiger partial charge < -0.3 is 0 Å². The molecule has 0 fully saturated rings. The van der Waals surface area contributed by atoms with Crippen LogP contribution in [0.5, 0.6) is 0 Å². The lowest BCUT2D eigenvalue weighted by molar-refractivity contribution is 0.756. The Hall–Kier alpha value is -3.37. The quantitative estimate of drug-likeness (QED) is 0.482. The number of aromatic nitrogens is 5. The van der Waals surface area contributed by atoms with Gasteiger partial charge in [0.1, 0.15) is 0 Å². The molecule has 0 bridgehead atoms. The number of hydrogen-bond donors (Lipinski definition) is 0. The molecule has 2 heterocycles. The molecule has 0 spiro atoms. The number of para-hydroxylation sites is 1. The molecule has 4 aromatic rings. The maximum absolute atomic E-state index is 8.95. The molecular weight excluding hydrogens is 368 g/mol. The summed E-state index contributed by atoms with van der Waals surface area (Å²) in [6, 6.07) is 19.9. The fourth-order valence-electron chi connectivity index (χ4n) is 2.99. The van der Waals surface area contributed by atoms with E-state index in [-0.39, 0.29) is 0 Å². The highest BCUT2D eigenvalue weighted by Gasteiger charge is 2.19. The zero-order chi connectivity index (χ0) is 19.5. The molecule has 2 aromatic carbocycles. The van der Waals surface area contributed by atoms with Gasteiger partial charge >= 0.3 is 0 Å². The standard InChI is InChI=1S/C21H18N6S/c1-15-19(13-26(2)25-15)20-23-24-21(27(20)18-6-4-3-5-7-18)28-14-17-10-8-16(12-22)9-11-17/h3-11,13H,14H2,1-2H3. The van der Waals surface area contributed by atoms with E-state index in [2.05, 4.69) is 25.9 Å². The third-order valence-corrected chi connectivity index (χ3v) is 5.35. The summed E-state index contributed by atoms with van der Waals surface area (Å²) in [4.78, 5) is 0. The van der Waals surface area contributed by atoms with Crippen LogP contribution in [0.15, 0.2) is 66.0 Å². The first-order chi connectivity index (χ1) is 13.7. The number of aryl methyl sites for hydroxylation is 2. The zero-order valence-electron chi connectivity index (χ0n) is 15.6. The summed E-state index contributed by atoms with van der Waals surface area (Å²) in [6.07, 6.45) is 1.97. The van der Waals surface area contributed by atoms with Gasteiger partial charge in [-0.1, -0.05) is 42.1 Å². The molecular formula is C21H18N6S. The van der Waals surface area contributed by atoms with Crippen LogP contribution in [0.2, 0.25) is 0 Å². The maximum atomic E-state index is 8.95. The lowest BCUT2D eigenvalue weighted by atomic mass is 10.2. The lowest BCUT2D eigenvalue weighted by Crippen LogP contribution is -2.00. The van der Waals surface area contributed by atoms with Crippen molar-refractivity contribution >= 4 is 11.8 Å². The topological polar surface area (TPSA) is 72.3 Å². The molecule has 0 saturated carbocycles. The van der Waals surface area contributed by atoms with Gasteiger partial charge in [0.05, 0.1) is 22.9 Å². The molecule has 0 aliphatic carbocycles. The molecule has 0 aliphatic heterocycles. The summed E-state index contributed by atoms with van der Waals surface area (Å²) in [7, 11) is 1.90. The van der Waals surface area contributed by atoms with Crippen molar-refractivity contribution < 1.29 is 0 Å². The van der Waals surface area contributed by atoms with Crippen LogP contribution in [-0.2, 0) is 12.8 Å². The number of rotatable bonds is 5. The van der Waals surface area contributed by atoms with Gasteiger partial charge in [-0.2, -0.15) is 10.4 Å². The lowest BCUT2D eigenvalue weighted by Gasteiger charge is -2.10. The highest BCUT2D eigenvalue weighted by atomic mass is 32.2. The van der Waals surface area contributed by atoms with Crippen molar-refractivity contribution in [1.29, 1.82) is 5.26 Å². The summed E-state index contributed by atoms with van der Waals surface area (Å²) in [5.41, 5.74) is 4.68. The van der Waals surface area contributed by atoms with E-state index in [0.29, 0.717) is 5.56 Å². The molecule has 0 aliphatic rings. The maximum Gasteiger partial charge on any atom is 0.196 e. The van der Waals surface area contributed by atoms with Crippen LogP contribution in [0, 0.1) is 18.3 Å². The summed E-state index contributed by atoms with van der Waals surface area (Å²) in [5.74, 6) is 1.52. The molecule has 0 saturated heterocycles. The van der Waals surface area contributed by atoms with Gasteiger partial charge in [-0.25, -0.2) is 0 Å². The third kappa shape index (κ3) is 3.55. The molecule has 0 atom stereocenters. The predicted molar refractivity (Wildman–Crippen MR) is 109 cm³/mol. The predicted octanol–water partition coefficient (Wildman–Crippen LogP) is 4.14. The molecule has 28 heavy (non-hydrogen) atoms. The minimum atomic E-state index is 0.663. The molecule has 6 nitrogen and oxygen atoms in total. The smallest absolute Gasteiger partial charge is 0.196 e. The van der Waals surface area contributed by atoms with Gasteiger partial charge in [0.25, 0.3) is 0 Å². The summed E-state index contributed by atoms with van der Waals surface area (Å²) < 4.78 is 3.86. The van der Waals surface area contributed by atoms with Gasteiger partial charge in [0.2, 0.25) is 0 Å². The Balaban J connectivity index is 1.71. The van der Waals surface area contributed by atoms with Crippen LogP contribution >= 0.6 is 11.8 Å². The Morgan fingerprint density at radius 3 is 2.43 bits per heavy atom. The average molecular weight is 386 g/mol. The Bertz CT molecular complexity index is 1140. The second-order valence-electron chi connectivity index (χ2n) is 6.38. The first-order valence-electron chi connectivity index (χ1n) is 8.79. The van der Waals surface area contributed by atoms with Crippen molar-refractivity contribution in [2.24, 2.45) is 7.05 Å². The molecule has 0 N–H and O–H groups in total. The molecule has 138 valence electrons. The molecule has 0 unspecified atom stereocenters. The normalized spacial score (nSPS) is 10.8. The van der Waals surface area contributed by atoms with E-state index in [1.807, 2.05) is 74.8 Å². The number of thioether (sulfide) groups is 1. The minimum Gasteiger partial charge on any atom is -0.275 e. The van der Waals surface area contributed by atoms with E-state index in [1.54, 1.807) is 16.4 Å². The first kappa shape index (κ1) is 18.0. The summed E-state index contributed by atoms with van der Waals surface area (Å²) >= 11 is 1.62. The van der Waals surface area contributed by atoms with E-state index >= 15 is 0 Å². The number of hydrogen-bond acceptors (Lipinski definition) is 5. The van der Waals surface area contributed by atoms with E-state index in [4.69, 9.17) is 5.26 Å².